The van der Waals surface area contributed by atoms with E-state index >= 15 is 0 Å². The Balaban J connectivity index is 1.52. The summed E-state index contributed by atoms with van der Waals surface area (Å²) in [7, 11) is 0. The quantitative estimate of drug-likeness (QED) is 0.869. The molecule has 1 N–H and O–H groups in total. The zero-order valence-corrected chi connectivity index (χ0v) is 16.8. The van der Waals surface area contributed by atoms with E-state index < -0.39 is 0 Å². The number of anilines is 4. The highest BCUT2D eigenvalue weighted by Crippen LogP contribution is 2.58. The van der Waals surface area contributed by atoms with Crippen molar-refractivity contribution in [3.63, 3.8) is 0 Å². The summed E-state index contributed by atoms with van der Waals surface area (Å²) in [5.41, 5.74) is 3.66. The Morgan fingerprint density at radius 1 is 1.31 bits per heavy atom. The highest BCUT2D eigenvalue weighted by atomic mass is 16.1. The fraction of sp³-hybridized carbons (Fsp3) is 0.455. The first kappa shape index (κ1) is 17.9. The number of aromatic nitrogens is 2. The van der Waals surface area contributed by atoms with E-state index in [0.717, 1.165) is 61.8 Å². The van der Waals surface area contributed by atoms with Crippen LogP contribution in [-0.2, 0) is 10.2 Å². The van der Waals surface area contributed by atoms with Crippen LogP contribution in [0.2, 0.25) is 0 Å². The van der Waals surface area contributed by atoms with Crippen molar-refractivity contribution in [2.75, 3.05) is 34.8 Å². The zero-order valence-electron chi connectivity index (χ0n) is 16.8. The smallest absolute Gasteiger partial charge is 0.222 e. The van der Waals surface area contributed by atoms with E-state index in [2.05, 4.69) is 45.2 Å². The molecular weight excluding hydrogens is 364 g/mol. The van der Waals surface area contributed by atoms with E-state index in [1.165, 1.54) is 12.5 Å². The molecule has 1 saturated heterocycles. The first-order valence-electron chi connectivity index (χ1n) is 10.2. The van der Waals surface area contributed by atoms with Crippen molar-refractivity contribution in [2.45, 2.75) is 38.5 Å². The summed E-state index contributed by atoms with van der Waals surface area (Å²) >= 11 is 0. The van der Waals surface area contributed by atoms with E-state index in [4.69, 9.17) is 4.98 Å². The Morgan fingerprint density at radius 3 is 2.79 bits per heavy atom. The minimum Gasteiger partial charge on any atom is -0.355 e. The molecule has 7 heteroatoms. The van der Waals surface area contributed by atoms with Crippen molar-refractivity contribution in [3.05, 3.63) is 35.5 Å². The van der Waals surface area contributed by atoms with Crippen molar-refractivity contribution in [1.29, 1.82) is 5.26 Å². The molecule has 2 aliphatic heterocycles. The van der Waals surface area contributed by atoms with Gasteiger partial charge in [0.25, 0.3) is 0 Å². The number of hydrogen-bond donors (Lipinski definition) is 1. The van der Waals surface area contributed by atoms with Crippen molar-refractivity contribution in [1.82, 2.24) is 9.97 Å². The molecule has 4 heterocycles. The second kappa shape index (κ2) is 6.45. The average Bonchev–Trinajstić information content (AvgIpc) is 3.18. The Morgan fingerprint density at radius 2 is 2.10 bits per heavy atom. The molecule has 2 fully saturated rings. The topological polar surface area (TPSA) is 85.2 Å². The number of carbonyl (C=O) groups excluding carboxylic acids is 1. The third-order valence-electron chi connectivity index (χ3n) is 6.28. The molecule has 5 rings (SSSR count). The van der Waals surface area contributed by atoms with E-state index in [1.807, 2.05) is 12.3 Å². The second-order valence-corrected chi connectivity index (χ2v) is 8.56. The number of hydrogen-bond acceptors (Lipinski definition) is 6. The van der Waals surface area contributed by atoms with Crippen molar-refractivity contribution >= 4 is 29.0 Å². The monoisotopic (exact) mass is 388 g/mol. The first-order chi connectivity index (χ1) is 14.0. The molecule has 0 unspecified atom stereocenters. The molecule has 0 bridgehead atoms. The van der Waals surface area contributed by atoms with Crippen LogP contribution >= 0.6 is 0 Å². The van der Waals surface area contributed by atoms with Gasteiger partial charge in [0.2, 0.25) is 5.91 Å². The normalized spacial score (nSPS) is 21.2. The average molecular weight is 388 g/mol. The van der Waals surface area contributed by atoms with Crippen molar-refractivity contribution < 1.29 is 4.79 Å². The second-order valence-electron chi connectivity index (χ2n) is 8.56. The Bertz CT molecular complexity index is 1040. The van der Waals surface area contributed by atoms with Gasteiger partial charge in [-0.25, -0.2) is 9.97 Å². The van der Waals surface area contributed by atoms with E-state index in [-0.39, 0.29) is 17.2 Å². The van der Waals surface area contributed by atoms with Gasteiger partial charge in [-0.3, -0.25) is 4.79 Å². The number of rotatable bonds is 3. The summed E-state index contributed by atoms with van der Waals surface area (Å²) < 4.78 is 0. The molecule has 1 aliphatic carbocycles. The molecule has 3 aliphatic rings. The van der Waals surface area contributed by atoms with E-state index in [0.29, 0.717) is 5.82 Å². The molecule has 1 amide bonds. The standard InChI is InChI=1S/C22H24N6O/c1-14-7-20(27-6-3-16(10-23)12-27)26-21(8-14)28-13-22(4-5-22)17-11-24-19(9-18(17)28)25-15(2)29/h7-9,11,16H,3-6,12-13H2,1-2H3,(H,24,25,29)/t16-/m0/s1. The van der Waals surface area contributed by atoms with Crippen LogP contribution in [0.5, 0.6) is 0 Å². The highest BCUT2D eigenvalue weighted by molar-refractivity contribution is 5.89. The Labute approximate surface area is 170 Å². The van der Waals surface area contributed by atoms with Gasteiger partial charge in [-0.05, 0) is 43.9 Å². The van der Waals surface area contributed by atoms with Gasteiger partial charge in [-0.15, -0.1) is 0 Å². The third-order valence-corrected chi connectivity index (χ3v) is 6.28. The van der Waals surface area contributed by atoms with Crippen LogP contribution in [-0.4, -0.2) is 35.5 Å². The molecule has 1 saturated carbocycles. The maximum Gasteiger partial charge on any atom is 0.222 e. The molecule has 1 atom stereocenters. The molecular formula is C22H24N6O. The number of carbonyl (C=O) groups is 1. The van der Waals surface area contributed by atoms with Crippen LogP contribution in [0.25, 0.3) is 0 Å². The van der Waals surface area contributed by atoms with Gasteiger partial charge in [0.05, 0.1) is 17.7 Å². The van der Waals surface area contributed by atoms with Crippen LogP contribution in [0.15, 0.2) is 24.4 Å². The lowest BCUT2D eigenvalue weighted by atomic mass is 10.0. The summed E-state index contributed by atoms with van der Waals surface area (Å²) in [6, 6.07) is 8.56. The molecule has 7 nitrogen and oxygen atoms in total. The summed E-state index contributed by atoms with van der Waals surface area (Å²) in [5, 5.41) is 12.0. The van der Waals surface area contributed by atoms with Crippen LogP contribution in [0, 0.1) is 24.2 Å². The number of pyridine rings is 2. The van der Waals surface area contributed by atoms with Gasteiger partial charge in [0, 0.05) is 49.8 Å². The fourth-order valence-corrected chi connectivity index (χ4v) is 4.59. The summed E-state index contributed by atoms with van der Waals surface area (Å²) in [4.78, 5) is 25.4. The predicted octanol–water partition coefficient (Wildman–Crippen LogP) is 3.28. The van der Waals surface area contributed by atoms with Crippen LogP contribution in [0.3, 0.4) is 0 Å². The number of fused-ring (bicyclic) bond motifs is 2. The Hall–Kier alpha value is -3.14. The van der Waals surface area contributed by atoms with Crippen molar-refractivity contribution in [2.24, 2.45) is 5.92 Å². The molecule has 2 aromatic heterocycles. The summed E-state index contributed by atoms with van der Waals surface area (Å²) in [5.74, 6) is 2.38. The number of nitrogens with one attached hydrogen (secondary N) is 1. The first-order valence-corrected chi connectivity index (χ1v) is 10.2. The van der Waals surface area contributed by atoms with Gasteiger partial charge in [-0.1, -0.05) is 0 Å². The molecule has 0 aromatic carbocycles. The maximum absolute atomic E-state index is 11.5. The van der Waals surface area contributed by atoms with Gasteiger partial charge < -0.3 is 15.1 Å². The molecule has 1 spiro atoms. The van der Waals surface area contributed by atoms with Gasteiger partial charge in [0.1, 0.15) is 17.5 Å². The number of nitriles is 1. The maximum atomic E-state index is 11.5. The number of aryl methyl sites for hydroxylation is 1. The minimum absolute atomic E-state index is 0.0781. The third kappa shape index (κ3) is 3.09. The lowest BCUT2D eigenvalue weighted by Gasteiger charge is -2.23. The highest BCUT2D eigenvalue weighted by Gasteiger charge is 2.52. The molecule has 2 aromatic rings. The number of nitrogens with zero attached hydrogens (tertiary/aromatic N) is 5. The Kier molecular flexibility index (Phi) is 3.98. The number of amides is 1. The summed E-state index contributed by atoms with van der Waals surface area (Å²) in [6.07, 6.45) is 5.13. The van der Waals surface area contributed by atoms with Crippen molar-refractivity contribution in [3.8, 4) is 6.07 Å². The van der Waals surface area contributed by atoms with Gasteiger partial charge in [0.15, 0.2) is 0 Å². The summed E-state index contributed by atoms with van der Waals surface area (Å²) in [6.45, 7) is 6.08. The van der Waals surface area contributed by atoms with Gasteiger partial charge in [-0.2, -0.15) is 5.26 Å². The van der Waals surface area contributed by atoms with Crippen LogP contribution in [0.1, 0.15) is 37.3 Å². The van der Waals surface area contributed by atoms with E-state index in [1.54, 1.807) is 0 Å². The SMILES string of the molecule is CC(=O)Nc1cc2c(cn1)C1(CC1)CN2c1cc(C)cc(N2CC[C@@H](C#N)C2)n1. The molecule has 148 valence electrons. The van der Waals surface area contributed by atoms with Gasteiger partial charge >= 0.3 is 0 Å². The fourth-order valence-electron chi connectivity index (χ4n) is 4.59. The zero-order chi connectivity index (χ0) is 20.2. The molecule has 0 radical (unpaired) electrons. The lowest BCUT2D eigenvalue weighted by molar-refractivity contribution is -0.114. The molecule has 29 heavy (non-hydrogen) atoms. The predicted molar refractivity (Wildman–Crippen MR) is 111 cm³/mol. The largest absolute Gasteiger partial charge is 0.355 e. The lowest BCUT2D eigenvalue weighted by Crippen LogP contribution is -2.24. The van der Waals surface area contributed by atoms with E-state index in [9.17, 15) is 10.1 Å². The minimum atomic E-state index is -0.125. The van der Waals surface area contributed by atoms with Crippen LogP contribution < -0.4 is 15.1 Å². The van der Waals surface area contributed by atoms with Crippen LogP contribution in [0.4, 0.5) is 23.1 Å².